The van der Waals surface area contributed by atoms with E-state index in [-0.39, 0.29) is 23.1 Å². The summed E-state index contributed by atoms with van der Waals surface area (Å²) in [6.45, 7) is 6.21. The molecular weight excluding hydrogens is 436 g/mol. The van der Waals surface area contributed by atoms with E-state index in [1.165, 1.54) is 0 Å². The summed E-state index contributed by atoms with van der Waals surface area (Å²) in [6.07, 6.45) is 0.781. The van der Waals surface area contributed by atoms with Gasteiger partial charge in [0.1, 0.15) is 0 Å². The molecule has 0 radical (unpaired) electrons. The van der Waals surface area contributed by atoms with Gasteiger partial charge in [-0.3, -0.25) is 14.5 Å². The number of carboxylic acids is 1. The molecule has 1 aliphatic rings. The maximum absolute atomic E-state index is 12.6. The van der Waals surface area contributed by atoms with Crippen LogP contribution in [-0.4, -0.2) is 80.8 Å². The van der Waals surface area contributed by atoms with Crippen LogP contribution in [0, 0.1) is 6.92 Å². The number of nitrogens with zero attached hydrogens (tertiary/aromatic N) is 2. The molecule has 3 rings (SSSR count). The van der Waals surface area contributed by atoms with Gasteiger partial charge in [-0.25, -0.2) is 4.79 Å². The fourth-order valence-electron chi connectivity index (χ4n) is 3.78. The highest BCUT2D eigenvalue weighted by atomic mass is 16.5. The largest absolute Gasteiger partial charge is 0.478 e. The number of aryl methyl sites for hydroxylation is 1. The van der Waals surface area contributed by atoms with Gasteiger partial charge in [0.15, 0.2) is 0 Å². The lowest BCUT2D eigenvalue weighted by molar-refractivity contribution is -0.122. The molecule has 1 fully saturated rings. The van der Waals surface area contributed by atoms with Crippen LogP contribution in [0.2, 0.25) is 0 Å². The fraction of sp³-hybridized carbons (Fsp3) is 0.400. The molecule has 34 heavy (non-hydrogen) atoms. The minimum absolute atomic E-state index is 0.00797. The number of anilines is 2. The second-order valence-corrected chi connectivity index (χ2v) is 8.31. The maximum Gasteiger partial charge on any atom is 0.337 e. The highest BCUT2D eigenvalue weighted by Gasteiger charge is 2.21. The molecule has 0 aliphatic carbocycles. The second kappa shape index (κ2) is 12.2. The van der Waals surface area contributed by atoms with Crippen molar-refractivity contribution in [3.8, 4) is 0 Å². The van der Waals surface area contributed by atoms with Gasteiger partial charge >= 0.3 is 5.97 Å². The van der Waals surface area contributed by atoms with Crippen molar-refractivity contribution < 1.29 is 24.2 Å². The first-order valence-corrected chi connectivity index (χ1v) is 11.4. The smallest absolute Gasteiger partial charge is 0.337 e. The number of carbonyl (C=O) groups is 3. The number of nitrogens with one attached hydrogen (secondary N) is 2. The summed E-state index contributed by atoms with van der Waals surface area (Å²) in [5, 5.41) is 15.3. The van der Waals surface area contributed by atoms with Crippen LogP contribution >= 0.6 is 0 Å². The van der Waals surface area contributed by atoms with Crippen molar-refractivity contribution in [1.29, 1.82) is 0 Å². The number of carbonyl (C=O) groups excluding carboxylic acids is 2. The third kappa shape index (κ3) is 7.03. The lowest BCUT2D eigenvalue weighted by atomic mass is 10.1. The summed E-state index contributed by atoms with van der Waals surface area (Å²) in [5.74, 6) is -1.47. The molecule has 1 heterocycles. The number of aromatic carboxylic acids is 1. The summed E-state index contributed by atoms with van der Waals surface area (Å²) >= 11 is 0. The summed E-state index contributed by atoms with van der Waals surface area (Å²) < 4.78 is 4.98. The van der Waals surface area contributed by atoms with Crippen LogP contribution in [-0.2, 0) is 9.53 Å². The monoisotopic (exact) mass is 468 g/mol. The van der Waals surface area contributed by atoms with Crippen LogP contribution in [0.1, 0.15) is 32.7 Å². The van der Waals surface area contributed by atoms with Gasteiger partial charge in [-0.2, -0.15) is 0 Å². The average Bonchev–Trinajstić information content (AvgIpc) is 2.83. The van der Waals surface area contributed by atoms with E-state index < -0.39 is 5.97 Å². The van der Waals surface area contributed by atoms with E-state index in [0.29, 0.717) is 51.4 Å². The zero-order chi connectivity index (χ0) is 24.5. The van der Waals surface area contributed by atoms with E-state index in [0.717, 1.165) is 17.7 Å². The molecule has 2 aromatic rings. The van der Waals surface area contributed by atoms with Gasteiger partial charge in [0.05, 0.1) is 17.8 Å². The average molecular weight is 469 g/mol. The van der Waals surface area contributed by atoms with Crippen molar-refractivity contribution >= 4 is 29.2 Å². The molecular formula is C25H32N4O5. The number of ether oxygens (including phenoxy) is 1. The van der Waals surface area contributed by atoms with Crippen LogP contribution in [0.4, 0.5) is 11.4 Å². The maximum atomic E-state index is 12.6. The summed E-state index contributed by atoms with van der Waals surface area (Å²) in [7, 11) is 1.63. The van der Waals surface area contributed by atoms with Gasteiger partial charge in [0.2, 0.25) is 5.91 Å². The molecule has 9 heteroatoms. The van der Waals surface area contributed by atoms with E-state index in [2.05, 4.69) is 20.4 Å². The lowest BCUT2D eigenvalue weighted by Crippen LogP contribution is -2.49. The highest BCUT2D eigenvalue weighted by Crippen LogP contribution is 2.25. The molecule has 2 aromatic carbocycles. The Labute approximate surface area is 199 Å². The minimum atomic E-state index is -1.11. The normalized spacial score (nSPS) is 14.0. The first-order chi connectivity index (χ1) is 16.4. The third-order valence-electron chi connectivity index (χ3n) is 5.75. The predicted octanol–water partition coefficient (Wildman–Crippen LogP) is 2.22. The number of piperazine rings is 1. The van der Waals surface area contributed by atoms with E-state index >= 15 is 0 Å². The zero-order valence-electron chi connectivity index (χ0n) is 19.7. The van der Waals surface area contributed by atoms with E-state index in [1.54, 1.807) is 31.4 Å². The standard InChI is InChI=1S/C25H32N4O5/c1-18-4-6-19(7-5-18)24(31)27-22-9-8-20(16-21(22)25(32)33)29-13-11-28(12-14-29)17-23(30)26-10-3-15-34-2/h4-9,16H,3,10-15,17H2,1-2H3,(H,26,30)(H,27,31)(H,32,33). The van der Waals surface area contributed by atoms with Crippen molar-refractivity contribution in [2.24, 2.45) is 0 Å². The Morgan fingerprint density at radius 2 is 1.74 bits per heavy atom. The van der Waals surface area contributed by atoms with Gasteiger partial charge in [-0.05, 0) is 43.7 Å². The van der Waals surface area contributed by atoms with Gasteiger partial charge in [0.25, 0.3) is 5.91 Å². The molecule has 9 nitrogen and oxygen atoms in total. The number of methoxy groups -OCH3 is 1. The number of hydrogen-bond donors (Lipinski definition) is 3. The quantitative estimate of drug-likeness (QED) is 0.459. The molecule has 182 valence electrons. The Bertz CT molecular complexity index is 1000. The topological polar surface area (TPSA) is 111 Å². The number of hydrogen-bond acceptors (Lipinski definition) is 6. The van der Waals surface area contributed by atoms with Crippen molar-refractivity contribution in [2.75, 3.05) is 63.2 Å². The van der Waals surface area contributed by atoms with Gasteiger partial charge < -0.3 is 25.4 Å². The molecule has 2 amide bonds. The number of benzene rings is 2. The Kier molecular flexibility index (Phi) is 9.00. The van der Waals surface area contributed by atoms with Gasteiger partial charge in [0, 0.05) is 57.7 Å². The SMILES string of the molecule is COCCCNC(=O)CN1CCN(c2ccc(NC(=O)c3ccc(C)cc3)c(C(=O)O)c2)CC1. The second-order valence-electron chi connectivity index (χ2n) is 8.31. The fourth-order valence-corrected chi connectivity index (χ4v) is 3.78. The summed E-state index contributed by atoms with van der Waals surface area (Å²) in [5.41, 5.74) is 2.57. The van der Waals surface area contributed by atoms with Gasteiger partial charge in [-0.1, -0.05) is 17.7 Å². The molecule has 0 bridgehead atoms. The van der Waals surface area contributed by atoms with Crippen LogP contribution in [0.15, 0.2) is 42.5 Å². The van der Waals surface area contributed by atoms with Crippen molar-refractivity contribution in [2.45, 2.75) is 13.3 Å². The Morgan fingerprint density at radius 1 is 1.03 bits per heavy atom. The molecule has 0 aromatic heterocycles. The Morgan fingerprint density at radius 3 is 2.38 bits per heavy atom. The van der Waals surface area contributed by atoms with Crippen molar-refractivity contribution in [3.63, 3.8) is 0 Å². The first-order valence-electron chi connectivity index (χ1n) is 11.4. The third-order valence-corrected chi connectivity index (χ3v) is 5.75. The van der Waals surface area contributed by atoms with Crippen LogP contribution in [0.3, 0.4) is 0 Å². The van der Waals surface area contributed by atoms with E-state index in [4.69, 9.17) is 4.74 Å². The molecule has 1 aliphatic heterocycles. The Hall–Kier alpha value is -3.43. The summed E-state index contributed by atoms with van der Waals surface area (Å²) in [6, 6.07) is 12.1. The number of rotatable bonds is 10. The first kappa shape index (κ1) is 25.2. The van der Waals surface area contributed by atoms with Crippen molar-refractivity contribution in [3.05, 3.63) is 59.2 Å². The number of carboxylic acid groups (broad SMARTS) is 1. The molecule has 0 unspecified atom stereocenters. The summed E-state index contributed by atoms with van der Waals surface area (Å²) in [4.78, 5) is 40.7. The van der Waals surface area contributed by atoms with E-state index in [1.807, 2.05) is 25.1 Å². The molecule has 3 N–H and O–H groups in total. The zero-order valence-corrected chi connectivity index (χ0v) is 19.7. The predicted molar refractivity (Wildman–Crippen MR) is 131 cm³/mol. The van der Waals surface area contributed by atoms with Crippen LogP contribution in [0.5, 0.6) is 0 Å². The molecule has 0 spiro atoms. The number of amides is 2. The van der Waals surface area contributed by atoms with E-state index in [9.17, 15) is 19.5 Å². The van der Waals surface area contributed by atoms with Crippen LogP contribution in [0.25, 0.3) is 0 Å². The molecule has 0 atom stereocenters. The molecule has 1 saturated heterocycles. The lowest BCUT2D eigenvalue weighted by Gasteiger charge is -2.36. The van der Waals surface area contributed by atoms with Crippen molar-refractivity contribution in [1.82, 2.24) is 10.2 Å². The van der Waals surface area contributed by atoms with Crippen LogP contribution < -0.4 is 15.5 Å². The molecule has 0 saturated carbocycles. The van der Waals surface area contributed by atoms with Gasteiger partial charge in [-0.15, -0.1) is 0 Å². The highest BCUT2D eigenvalue weighted by molar-refractivity contribution is 6.08. The Balaban J connectivity index is 1.58. The minimum Gasteiger partial charge on any atom is -0.478 e.